The zero-order chi connectivity index (χ0) is 12.4. The van der Waals surface area contributed by atoms with Crippen LogP contribution in [-0.4, -0.2) is 24.3 Å². The van der Waals surface area contributed by atoms with Gasteiger partial charge in [0.1, 0.15) is 11.9 Å². The monoisotopic (exact) mass is 234 g/mol. The number of carbonyl (C=O) groups excluding carboxylic acids is 1. The average Bonchev–Trinajstić information content (AvgIpc) is 2.67. The lowest BCUT2D eigenvalue weighted by Gasteiger charge is -2.14. The van der Waals surface area contributed by atoms with E-state index in [1.54, 1.807) is 13.0 Å². The molecular weight excluding hydrogens is 220 g/mol. The third-order valence-electron chi connectivity index (χ3n) is 2.77. The van der Waals surface area contributed by atoms with Crippen molar-refractivity contribution < 1.29 is 19.4 Å². The third kappa shape index (κ3) is 2.17. The molecule has 1 heterocycles. The summed E-state index contributed by atoms with van der Waals surface area (Å²) < 4.78 is 10.1. The molecule has 0 fully saturated rings. The molecule has 2 unspecified atom stereocenters. The van der Waals surface area contributed by atoms with Crippen molar-refractivity contribution in [3.63, 3.8) is 0 Å². The molecule has 17 heavy (non-hydrogen) atoms. The van der Waals surface area contributed by atoms with E-state index in [0.29, 0.717) is 11.3 Å². The highest BCUT2D eigenvalue weighted by Crippen LogP contribution is 2.38. The van der Waals surface area contributed by atoms with Gasteiger partial charge < -0.3 is 14.6 Å². The topological polar surface area (TPSA) is 55.8 Å². The Morgan fingerprint density at radius 3 is 2.82 bits per heavy atom. The number of fused-ring (bicyclic) bond motifs is 1. The van der Waals surface area contributed by atoms with Gasteiger partial charge in [0.2, 0.25) is 0 Å². The van der Waals surface area contributed by atoms with E-state index in [-0.39, 0.29) is 0 Å². The number of ether oxygens (including phenoxy) is 2. The molecule has 0 aliphatic carbocycles. The average molecular weight is 234 g/mol. The number of benzene rings is 1. The lowest BCUT2D eigenvalue weighted by atomic mass is 10.0. The van der Waals surface area contributed by atoms with Gasteiger partial charge in [0, 0.05) is 11.6 Å². The van der Waals surface area contributed by atoms with E-state index in [0.717, 1.165) is 5.56 Å². The van der Waals surface area contributed by atoms with Gasteiger partial charge in [-0.05, 0) is 18.6 Å². The number of para-hydroxylation sites is 1. The van der Waals surface area contributed by atoms with E-state index < -0.39 is 18.2 Å². The van der Waals surface area contributed by atoms with Crippen molar-refractivity contribution in [2.45, 2.75) is 19.1 Å². The first-order valence-corrected chi connectivity index (χ1v) is 5.33. The second kappa shape index (κ2) is 4.59. The summed E-state index contributed by atoms with van der Waals surface area (Å²) in [5.74, 6) is 0.205. The first kappa shape index (κ1) is 11.7. The number of carbonyl (C=O) groups is 1. The Morgan fingerprint density at radius 1 is 1.47 bits per heavy atom. The number of hydrogen-bond acceptors (Lipinski definition) is 4. The number of aliphatic hydroxyl groups excluding tert-OH is 1. The van der Waals surface area contributed by atoms with Crippen LogP contribution >= 0.6 is 0 Å². The fourth-order valence-electron chi connectivity index (χ4n) is 1.87. The van der Waals surface area contributed by atoms with Gasteiger partial charge in [0.15, 0.2) is 6.10 Å². The Morgan fingerprint density at radius 2 is 2.18 bits per heavy atom. The Kier molecular flexibility index (Phi) is 3.15. The molecule has 0 radical (unpaired) electrons. The second-order valence-electron chi connectivity index (χ2n) is 3.93. The van der Waals surface area contributed by atoms with Gasteiger partial charge >= 0.3 is 5.97 Å². The molecule has 2 rings (SSSR count). The van der Waals surface area contributed by atoms with Gasteiger partial charge in [-0.3, -0.25) is 0 Å². The van der Waals surface area contributed by atoms with Crippen molar-refractivity contribution in [2.75, 3.05) is 7.11 Å². The summed E-state index contributed by atoms with van der Waals surface area (Å²) in [6.07, 6.45) is 0.0679. The predicted molar refractivity (Wildman–Crippen MR) is 61.6 cm³/mol. The number of esters is 1. The van der Waals surface area contributed by atoms with Gasteiger partial charge in [-0.25, -0.2) is 4.79 Å². The van der Waals surface area contributed by atoms with Crippen LogP contribution in [0, 0.1) is 0 Å². The van der Waals surface area contributed by atoms with Gasteiger partial charge in [-0.2, -0.15) is 0 Å². The molecule has 1 aliphatic heterocycles. The summed E-state index contributed by atoms with van der Waals surface area (Å²) in [6.45, 7) is 1.73. The maximum atomic E-state index is 11.1. The minimum atomic E-state index is -0.743. The maximum absolute atomic E-state index is 11.1. The zero-order valence-electron chi connectivity index (χ0n) is 9.71. The van der Waals surface area contributed by atoms with Crippen LogP contribution in [0.15, 0.2) is 35.9 Å². The zero-order valence-corrected chi connectivity index (χ0v) is 9.71. The summed E-state index contributed by atoms with van der Waals surface area (Å²) in [5.41, 5.74) is 1.38. The van der Waals surface area contributed by atoms with Gasteiger partial charge in [0.25, 0.3) is 0 Å². The van der Waals surface area contributed by atoms with Crippen LogP contribution in [0.2, 0.25) is 0 Å². The fourth-order valence-corrected chi connectivity index (χ4v) is 1.87. The highest BCUT2D eigenvalue weighted by atomic mass is 16.5. The molecule has 0 aromatic heterocycles. The van der Waals surface area contributed by atoms with Gasteiger partial charge in [-0.1, -0.05) is 18.2 Å². The first-order chi connectivity index (χ1) is 8.13. The smallest absolute Gasteiger partial charge is 0.330 e. The van der Waals surface area contributed by atoms with E-state index in [1.807, 2.05) is 18.2 Å². The van der Waals surface area contributed by atoms with Gasteiger partial charge in [0.05, 0.1) is 7.11 Å². The van der Waals surface area contributed by atoms with Crippen LogP contribution < -0.4 is 4.74 Å². The molecule has 90 valence electrons. The molecular formula is C13H14O4. The fraction of sp³-hybridized carbons (Fsp3) is 0.308. The summed E-state index contributed by atoms with van der Waals surface area (Å²) in [5, 5.41) is 10.1. The van der Waals surface area contributed by atoms with Crippen molar-refractivity contribution in [1.82, 2.24) is 0 Å². The second-order valence-corrected chi connectivity index (χ2v) is 3.93. The largest absolute Gasteiger partial charge is 0.483 e. The molecule has 0 amide bonds. The summed E-state index contributed by atoms with van der Waals surface area (Å²) >= 11 is 0. The minimum absolute atomic E-state index is 0.450. The maximum Gasteiger partial charge on any atom is 0.330 e. The van der Waals surface area contributed by atoms with Crippen LogP contribution in [0.4, 0.5) is 0 Å². The summed E-state index contributed by atoms with van der Waals surface area (Å²) in [7, 11) is 1.31. The highest BCUT2D eigenvalue weighted by molar-refractivity contribution is 5.82. The summed E-state index contributed by atoms with van der Waals surface area (Å²) in [6, 6.07) is 7.29. The van der Waals surface area contributed by atoms with Crippen molar-refractivity contribution in [1.29, 1.82) is 0 Å². The first-order valence-electron chi connectivity index (χ1n) is 5.33. The number of hydrogen-bond donors (Lipinski definition) is 1. The molecule has 1 aromatic rings. The highest BCUT2D eigenvalue weighted by Gasteiger charge is 2.33. The van der Waals surface area contributed by atoms with Crippen molar-refractivity contribution in [2.24, 2.45) is 0 Å². The van der Waals surface area contributed by atoms with Crippen LogP contribution in [0.25, 0.3) is 0 Å². The van der Waals surface area contributed by atoms with E-state index in [2.05, 4.69) is 4.74 Å². The Balaban J connectivity index is 2.23. The normalized spacial score (nSPS) is 22.9. The molecule has 0 spiro atoms. The van der Waals surface area contributed by atoms with E-state index in [9.17, 15) is 9.90 Å². The van der Waals surface area contributed by atoms with Crippen LogP contribution in [0.1, 0.15) is 18.6 Å². The van der Waals surface area contributed by atoms with E-state index in [1.165, 1.54) is 13.2 Å². The van der Waals surface area contributed by atoms with Crippen LogP contribution in [0.5, 0.6) is 5.75 Å². The van der Waals surface area contributed by atoms with Crippen molar-refractivity contribution in [3.8, 4) is 5.75 Å². The Labute approximate surface area is 99.5 Å². The molecule has 4 heteroatoms. The van der Waals surface area contributed by atoms with Gasteiger partial charge in [-0.15, -0.1) is 0 Å². The van der Waals surface area contributed by atoms with Crippen molar-refractivity contribution >= 4 is 5.97 Å². The molecule has 1 aromatic carbocycles. The van der Waals surface area contributed by atoms with Crippen molar-refractivity contribution in [3.05, 3.63) is 41.5 Å². The molecule has 4 nitrogen and oxygen atoms in total. The third-order valence-corrected chi connectivity index (χ3v) is 2.77. The van der Waals surface area contributed by atoms with E-state index in [4.69, 9.17) is 4.74 Å². The Bertz CT molecular complexity index is 464. The SMILES string of the molecule is COC(=O)/C=C(\C)C1Oc2ccccc2C1O. The number of aliphatic hydroxyl groups is 1. The number of rotatable bonds is 2. The van der Waals surface area contributed by atoms with E-state index >= 15 is 0 Å². The standard InChI is InChI=1S/C13H14O4/c1-8(7-11(14)16-2)13-12(15)9-5-3-4-6-10(9)17-13/h3-7,12-13,15H,1-2H3/b8-7+. The minimum Gasteiger partial charge on any atom is -0.483 e. The van der Waals surface area contributed by atoms with Crippen LogP contribution in [-0.2, 0) is 9.53 Å². The lowest BCUT2D eigenvalue weighted by Crippen LogP contribution is -2.20. The molecule has 0 saturated heterocycles. The molecule has 1 aliphatic rings. The molecule has 2 atom stereocenters. The quantitative estimate of drug-likeness (QED) is 0.623. The van der Waals surface area contributed by atoms with Crippen LogP contribution in [0.3, 0.4) is 0 Å². The molecule has 0 saturated carbocycles. The molecule has 0 bridgehead atoms. The predicted octanol–water partition coefficient (Wildman–Crippen LogP) is 1.60. The summed E-state index contributed by atoms with van der Waals surface area (Å²) in [4.78, 5) is 11.1. The number of methoxy groups -OCH3 is 1. The lowest BCUT2D eigenvalue weighted by molar-refractivity contribution is -0.134. The molecule has 1 N–H and O–H groups in total. The Hall–Kier alpha value is -1.81.